The van der Waals surface area contributed by atoms with Gasteiger partial charge in [0, 0.05) is 21.7 Å². The van der Waals surface area contributed by atoms with E-state index < -0.39 is 0 Å². The Hall–Kier alpha value is -3.53. The molecule has 4 heteroatoms. The van der Waals surface area contributed by atoms with Gasteiger partial charge in [-0.15, -0.1) is 0 Å². The van der Waals surface area contributed by atoms with E-state index in [2.05, 4.69) is 4.98 Å². The minimum Gasteiger partial charge on any atom is -0.507 e. The molecular formula is C21H13NO3. The standard InChI is InChI=1S/C21H13NO3/c23-19-9-12-4-6-18-16(8-12)17(21(24)22-18)11-15-5-7-20(25-15)14-3-1-2-13(19)10-14/h1-11,23H,(H,22,24). The van der Waals surface area contributed by atoms with Crippen LogP contribution in [0.15, 0.2) is 75.9 Å². The SMILES string of the molecule is O=c1[nH]c2ccc3cc(O)c4cccc(c4)c4ccc(cc1c2c3)o4. The molecule has 3 aromatic heterocycles. The lowest BCUT2D eigenvalue weighted by Gasteiger charge is -1.96. The lowest BCUT2D eigenvalue weighted by molar-refractivity contribution is 0.482. The number of aromatic hydroxyl groups is 1. The molecule has 5 rings (SSSR count). The van der Waals surface area contributed by atoms with Crippen LogP contribution < -0.4 is 5.56 Å². The van der Waals surface area contributed by atoms with Gasteiger partial charge >= 0.3 is 0 Å². The molecule has 25 heavy (non-hydrogen) atoms. The summed E-state index contributed by atoms with van der Waals surface area (Å²) < 4.78 is 5.89. The molecule has 0 saturated heterocycles. The predicted molar refractivity (Wildman–Crippen MR) is 99.8 cm³/mol. The molecular weight excluding hydrogens is 314 g/mol. The highest BCUT2D eigenvalue weighted by atomic mass is 16.3. The predicted octanol–water partition coefficient (Wildman–Crippen LogP) is 4.85. The van der Waals surface area contributed by atoms with Crippen molar-refractivity contribution < 1.29 is 9.52 Å². The van der Waals surface area contributed by atoms with Crippen LogP contribution in [0.2, 0.25) is 0 Å². The third kappa shape index (κ3) is 2.19. The summed E-state index contributed by atoms with van der Waals surface area (Å²) in [6, 6.07) is 20.3. The van der Waals surface area contributed by atoms with E-state index in [1.807, 2.05) is 54.6 Å². The van der Waals surface area contributed by atoms with E-state index in [1.165, 1.54) is 0 Å². The fraction of sp³-hybridized carbons (Fsp3) is 0. The van der Waals surface area contributed by atoms with E-state index in [0.29, 0.717) is 21.9 Å². The lowest BCUT2D eigenvalue weighted by Crippen LogP contribution is -1.95. The first-order valence-corrected chi connectivity index (χ1v) is 7.96. The van der Waals surface area contributed by atoms with Crippen molar-refractivity contribution in [2.24, 2.45) is 0 Å². The number of fused-ring (bicyclic) bond motifs is 6. The second-order valence-electron chi connectivity index (χ2n) is 6.13. The number of nitrogens with one attached hydrogen (secondary N) is 1. The molecule has 0 radical (unpaired) electrons. The van der Waals surface area contributed by atoms with Gasteiger partial charge < -0.3 is 14.5 Å². The molecule has 0 unspecified atom stereocenters. The van der Waals surface area contributed by atoms with E-state index in [1.54, 1.807) is 12.1 Å². The molecule has 0 aliphatic rings. The Kier molecular flexibility index (Phi) is 2.76. The highest BCUT2D eigenvalue weighted by Crippen LogP contribution is 2.26. The van der Waals surface area contributed by atoms with Crippen molar-refractivity contribution in [3.63, 3.8) is 0 Å². The third-order valence-electron chi connectivity index (χ3n) is 4.49. The Morgan fingerprint density at radius 1 is 0.840 bits per heavy atom. The summed E-state index contributed by atoms with van der Waals surface area (Å²) in [6.45, 7) is 0. The van der Waals surface area contributed by atoms with Gasteiger partial charge in [-0.25, -0.2) is 0 Å². The van der Waals surface area contributed by atoms with Crippen molar-refractivity contribution >= 4 is 43.6 Å². The third-order valence-corrected chi connectivity index (χ3v) is 4.49. The fourth-order valence-corrected chi connectivity index (χ4v) is 3.24. The second kappa shape index (κ2) is 4.98. The van der Waals surface area contributed by atoms with Crippen molar-refractivity contribution in [1.82, 2.24) is 4.98 Å². The van der Waals surface area contributed by atoms with E-state index in [4.69, 9.17) is 4.42 Å². The number of rotatable bonds is 0. The van der Waals surface area contributed by atoms with Crippen LogP contribution in [0.5, 0.6) is 5.75 Å². The number of furan rings is 1. The normalized spacial score (nSPS) is 11.5. The first kappa shape index (κ1) is 13.9. The molecule has 0 aliphatic carbocycles. The largest absolute Gasteiger partial charge is 0.507 e. The highest BCUT2D eigenvalue weighted by Gasteiger charge is 2.05. The molecule has 0 fully saturated rings. The summed E-state index contributed by atoms with van der Waals surface area (Å²) in [4.78, 5) is 15.2. The molecule has 2 aromatic carbocycles. The van der Waals surface area contributed by atoms with Crippen molar-refractivity contribution in [2.75, 3.05) is 0 Å². The molecule has 3 heterocycles. The zero-order valence-electron chi connectivity index (χ0n) is 13.1. The molecule has 0 atom stereocenters. The fourth-order valence-electron chi connectivity index (χ4n) is 3.24. The maximum atomic E-state index is 12.3. The zero-order chi connectivity index (χ0) is 17.0. The van der Waals surface area contributed by atoms with Crippen LogP contribution in [0.1, 0.15) is 0 Å². The van der Waals surface area contributed by atoms with Crippen molar-refractivity contribution in [2.45, 2.75) is 0 Å². The number of benzene rings is 2. The molecule has 0 amide bonds. The van der Waals surface area contributed by atoms with Gasteiger partial charge in [0.25, 0.3) is 5.56 Å². The van der Waals surface area contributed by atoms with Crippen LogP contribution in [0.25, 0.3) is 43.6 Å². The van der Waals surface area contributed by atoms with Crippen molar-refractivity contribution in [3.05, 3.63) is 77.1 Å². The van der Waals surface area contributed by atoms with Crippen LogP contribution in [-0.2, 0) is 0 Å². The summed E-state index contributed by atoms with van der Waals surface area (Å²) in [5, 5.41) is 14.3. The van der Waals surface area contributed by atoms with Gasteiger partial charge in [-0.2, -0.15) is 0 Å². The van der Waals surface area contributed by atoms with Crippen LogP contribution in [0.4, 0.5) is 0 Å². The molecule has 4 nitrogen and oxygen atoms in total. The van der Waals surface area contributed by atoms with Gasteiger partial charge in [-0.05, 0) is 47.9 Å². The Morgan fingerprint density at radius 3 is 2.64 bits per heavy atom. The summed E-state index contributed by atoms with van der Waals surface area (Å²) >= 11 is 0. The number of aromatic nitrogens is 1. The van der Waals surface area contributed by atoms with Gasteiger partial charge in [-0.1, -0.05) is 24.3 Å². The van der Waals surface area contributed by atoms with Crippen LogP contribution in [-0.4, -0.2) is 10.1 Å². The topological polar surface area (TPSA) is 66.2 Å². The van der Waals surface area contributed by atoms with Gasteiger partial charge in [0.2, 0.25) is 0 Å². The summed E-state index contributed by atoms with van der Waals surface area (Å²) in [5.41, 5.74) is 1.90. The van der Waals surface area contributed by atoms with E-state index >= 15 is 0 Å². The minimum absolute atomic E-state index is 0.159. The van der Waals surface area contributed by atoms with Crippen LogP contribution in [0.3, 0.4) is 0 Å². The quantitative estimate of drug-likeness (QED) is 0.427. The Bertz CT molecular complexity index is 1380. The Morgan fingerprint density at radius 2 is 1.72 bits per heavy atom. The summed E-state index contributed by atoms with van der Waals surface area (Å²) in [7, 11) is 0. The average Bonchev–Trinajstić information content (AvgIpc) is 3.20. The summed E-state index contributed by atoms with van der Waals surface area (Å²) in [5.74, 6) is 0.163. The smallest absolute Gasteiger partial charge is 0.256 e. The molecule has 0 saturated carbocycles. The number of H-pyrrole nitrogens is 1. The van der Waals surface area contributed by atoms with Gasteiger partial charge in [0.15, 0.2) is 0 Å². The van der Waals surface area contributed by atoms with Crippen molar-refractivity contribution in [3.8, 4) is 5.75 Å². The van der Waals surface area contributed by atoms with Crippen LogP contribution >= 0.6 is 0 Å². The van der Waals surface area contributed by atoms with Gasteiger partial charge in [0.1, 0.15) is 16.9 Å². The maximum Gasteiger partial charge on any atom is 0.256 e. The second-order valence-corrected chi connectivity index (χ2v) is 6.13. The van der Waals surface area contributed by atoms with Gasteiger partial charge in [-0.3, -0.25) is 4.79 Å². The van der Waals surface area contributed by atoms with Crippen LogP contribution in [0, 0.1) is 0 Å². The monoisotopic (exact) mass is 327 g/mol. The number of hydrogen-bond donors (Lipinski definition) is 2. The number of aromatic amines is 1. The van der Waals surface area contributed by atoms with E-state index in [0.717, 1.165) is 21.7 Å². The lowest BCUT2D eigenvalue weighted by atomic mass is 10.1. The first-order valence-electron chi connectivity index (χ1n) is 7.96. The molecule has 0 aliphatic heterocycles. The molecule has 0 spiro atoms. The Labute approximate surface area is 141 Å². The zero-order valence-corrected chi connectivity index (χ0v) is 13.1. The molecule has 5 aromatic rings. The average molecular weight is 327 g/mol. The Balaban J connectivity index is 2.10. The first-order chi connectivity index (χ1) is 12.2. The van der Waals surface area contributed by atoms with E-state index in [-0.39, 0.29) is 11.3 Å². The van der Waals surface area contributed by atoms with Crippen molar-refractivity contribution in [1.29, 1.82) is 0 Å². The maximum absolute atomic E-state index is 12.3. The number of hydrogen-bond acceptors (Lipinski definition) is 3. The van der Waals surface area contributed by atoms with E-state index in [9.17, 15) is 9.90 Å². The minimum atomic E-state index is -0.159. The molecule has 2 N–H and O–H groups in total. The highest BCUT2D eigenvalue weighted by molar-refractivity contribution is 6.00. The van der Waals surface area contributed by atoms with Gasteiger partial charge in [0.05, 0.1) is 5.39 Å². The summed E-state index contributed by atoms with van der Waals surface area (Å²) in [6.07, 6.45) is 0. The molecule has 6 bridgehead atoms. The molecule has 120 valence electrons.